The first-order valence-electron chi connectivity index (χ1n) is 10.3. The molecule has 0 spiro atoms. The largest absolute Gasteiger partial charge is 0.453 e. The highest BCUT2D eigenvalue weighted by atomic mass is 32.2. The standard InChI is InChI=1S/C18H24F3N7O3S/c1-32(30,31)27-10-6-13(7-11-27)22-16(29)12-4-8-26(9-5-12)15-3-2-14-23-24-17(18(19,20)21)28(14)25-15/h2-3,12-13H,4-11H2,1H3,(H,22,29). The second kappa shape index (κ2) is 8.46. The average Bonchev–Trinajstić information content (AvgIpc) is 3.17. The van der Waals surface area contributed by atoms with E-state index in [0.717, 1.165) is 0 Å². The molecule has 2 aromatic heterocycles. The van der Waals surface area contributed by atoms with Gasteiger partial charge < -0.3 is 10.2 Å². The number of aromatic nitrogens is 4. The van der Waals surface area contributed by atoms with Crippen LogP contribution in [0, 0.1) is 5.92 Å². The molecule has 2 saturated heterocycles. The molecule has 14 heteroatoms. The topological polar surface area (TPSA) is 113 Å². The number of carbonyl (C=O) groups excluding carboxylic acids is 1. The van der Waals surface area contributed by atoms with Gasteiger partial charge in [0.25, 0.3) is 5.82 Å². The fourth-order valence-corrected chi connectivity index (χ4v) is 5.02. The highest BCUT2D eigenvalue weighted by molar-refractivity contribution is 7.88. The third-order valence-electron chi connectivity index (χ3n) is 5.96. The molecule has 0 unspecified atom stereocenters. The van der Waals surface area contributed by atoms with Crippen LogP contribution in [0.4, 0.5) is 19.0 Å². The molecule has 2 aliphatic rings. The number of amides is 1. The molecular formula is C18H24F3N7O3S. The lowest BCUT2D eigenvalue weighted by Gasteiger charge is -2.34. The normalized spacial score (nSPS) is 20.1. The number of hydrogen-bond acceptors (Lipinski definition) is 7. The van der Waals surface area contributed by atoms with Gasteiger partial charge in [0.1, 0.15) is 5.82 Å². The van der Waals surface area contributed by atoms with Crippen LogP contribution in [0.15, 0.2) is 12.1 Å². The lowest BCUT2D eigenvalue weighted by molar-refractivity contribution is -0.146. The van der Waals surface area contributed by atoms with Crippen LogP contribution in [-0.4, -0.2) is 76.9 Å². The predicted octanol–water partition coefficient (Wildman–Crippen LogP) is 0.900. The fraction of sp³-hybridized carbons (Fsp3) is 0.667. The van der Waals surface area contributed by atoms with Gasteiger partial charge in [-0.3, -0.25) is 4.79 Å². The van der Waals surface area contributed by atoms with Crippen LogP contribution in [-0.2, 0) is 21.0 Å². The van der Waals surface area contributed by atoms with Crippen molar-refractivity contribution in [2.24, 2.45) is 5.92 Å². The van der Waals surface area contributed by atoms with Crippen molar-refractivity contribution in [3.63, 3.8) is 0 Å². The fourth-order valence-electron chi connectivity index (χ4n) is 4.15. The second-order valence-electron chi connectivity index (χ2n) is 8.19. The van der Waals surface area contributed by atoms with Gasteiger partial charge in [-0.05, 0) is 37.8 Å². The third kappa shape index (κ3) is 4.80. The lowest BCUT2D eigenvalue weighted by atomic mass is 9.95. The van der Waals surface area contributed by atoms with Crippen molar-refractivity contribution in [1.82, 2.24) is 29.4 Å². The minimum Gasteiger partial charge on any atom is -0.355 e. The van der Waals surface area contributed by atoms with Crippen molar-refractivity contribution >= 4 is 27.4 Å². The SMILES string of the molecule is CS(=O)(=O)N1CCC(NC(=O)C2CCN(c3ccc4nnc(C(F)(F)F)n4n3)CC2)CC1. The first-order valence-corrected chi connectivity index (χ1v) is 12.2. The summed E-state index contributed by atoms with van der Waals surface area (Å²) < 4.78 is 64.6. The van der Waals surface area contributed by atoms with E-state index in [4.69, 9.17) is 0 Å². The van der Waals surface area contributed by atoms with Gasteiger partial charge in [-0.2, -0.15) is 17.7 Å². The van der Waals surface area contributed by atoms with E-state index in [0.29, 0.717) is 62.2 Å². The molecule has 2 fully saturated rings. The number of rotatable bonds is 4. The van der Waals surface area contributed by atoms with Crippen molar-refractivity contribution in [3.05, 3.63) is 18.0 Å². The van der Waals surface area contributed by atoms with Gasteiger partial charge in [-0.25, -0.2) is 12.7 Å². The van der Waals surface area contributed by atoms with Gasteiger partial charge in [0.15, 0.2) is 5.65 Å². The summed E-state index contributed by atoms with van der Waals surface area (Å²) in [6.07, 6.45) is -1.25. The Balaban J connectivity index is 1.33. The van der Waals surface area contributed by atoms with Crippen LogP contribution in [0.1, 0.15) is 31.5 Å². The van der Waals surface area contributed by atoms with Crippen molar-refractivity contribution < 1.29 is 26.4 Å². The van der Waals surface area contributed by atoms with E-state index >= 15 is 0 Å². The average molecular weight is 475 g/mol. The Bertz CT molecular complexity index is 1090. The zero-order chi connectivity index (χ0) is 23.1. The van der Waals surface area contributed by atoms with E-state index in [2.05, 4.69) is 20.6 Å². The summed E-state index contributed by atoms with van der Waals surface area (Å²) in [5.74, 6) is -1.08. The van der Waals surface area contributed by atoms with E-state index in [9.17, 15) is 26.4 Å². The Morgan fingerprint density at radius 1 is 1.06 bits per heavy atom. The molecular weight excluding hydrogens is 451 g/mol. The molecule has 0 radical (unpaired) electrons. The number of carbonyl (C=O) groups is 1. The molecule has 0 saturated carbocycles. The third-order valence-corrected chi connectivity index (χ3v) is 7.26. The van der Waals surface area contributed by atoms with Gasteiger partial charge >= 0.3 is 6.18 Å². The Hall–Kier alpha value is -2.48. The highest BCUT2D eigenvalue weighted by Crippen LogP contribution is 2.29. The summed E-state index contributed by atoms with van der Waals surface area (Å²) in [4.78, 5) is 14.5. The minimum absolute atomic E-state index is 0.0114. The molecule has 0 atom stereocenters. The van der Waals surface area contributed by atoms with Crippen LogP contribution in [0.25, 0.3) is 5.65 Å². The smallest absolute Gasteiger partial charge is 0.355 e. The van der Waals surface area contributed by atoms with Crippen LogP contribution >= 0.6 is 0 Å². The molecule has 2 aliphatic heterocycles. The zero-order valence-electron chi connectivity index (χ0n) is 17.4. The van der Waals surface area contributed by atoms with Crippen molar-refractivity contribution in [2.75, 3.05) is 37.3 Å². The highest BCUT2D eigenvalue weighted by Gasteiger charge is 2.38. The molecule has 0 aromatic carbocycles. The van der Waals surface area contributed by atoms with Crippen LogP contribution in [0.5, 0.6) is 0 Å². The monoisotopic (exact) mass is 475 g/mol. The molecule has 0 bridgehead atoms. The van der Waals surface area contributed by atoms with Gasteiger partial charge in [-0.1, -0.05) is 0 Å². The number of hydrogen-bond donors (Lipinski definition) is 1. The van der Waals surface area contributed by atoms with Gasteiger partial charge in [0.05, 0.1) is 6.26 Å². The number of halogens is 3. The first kappa shape index (κ1) is 22.7. The number of nitrogens with one attached hydrogen (secondary N) is 1. The Morgan fingerprint density at radius 3 is 2.31 bits per heavy atom. The lowest BCUT2D eigenvalue weighted by Crippen LogP contribution is -2.49. The molecule has 1 amide bonds. The molecule has 1 N–H and O–H groups in total. The number of alkyl halides is 3. The quantitative estimate of drug-likeness (QED) is 0.699. The molecule has 2 aromatic rings. The van der Waals surface area contributed by atoms with Crippen LogP contribution in [0.3, 0.4) is 0 Å². The Morgan fingerprint density at radius 2 is 1.72 bits per heavy atom. The van der Waals surface area contributed by atoms with Gasteiger partial charge in [-0.15, -0.1) is 15.3 Å². The maximum Gasteiger partial charge on any atom is 0.453 e. The minimum atomic E-state index is -4.66. The Labute approximate surface area is 182 Å². The molecule has 10 nitrogen and oxygen atoms in total. The molecule has 32 heavy (non-hydrogen) atoms. The second-order valence-corrected chi connectivity index (χ2v) is 10.2. The van der Waals surface area contributed by atoms with E-state index < -0.39 is 22.0 Å². The zero-order valence-corrected chi connectivity index (χ0v) is 18.2. The summed E-state index contributed by atoms with van der Waals surface area (Å²) in [5, 5.41) is 13.8. The van der Waals surface area contributed by atoms with Gasteiger partial charge in [0.2, 0.25) is 15.9 Å². The first-order chi connectivity index (χ1) is 15.0. The van der Waals surface area contributed by atoms with Crippen LogP contribution in [0.2, 0.25) is 0 Å². The van der Waals surface area contributed by atoms with Crippen molar-refractivity contribution in [2.45, 2.75) is 37.9 Å². The summed E-state index contributed by atoms with van der Waals surface area (Å²) in [6.45, 7) is 1.73. The van der Waals surface area contributed by atoms with Crippen molar-refractivity contribution in [3.8, 4) is 0 Å². The number of nitrogens with zero attached hydrogens (tertiary/aromatic N) is 6. The predicted molar refractivity (Wildman–Crippen MR) is 108 cm³/mol. The molecule has 176 valence electrons. The maximum absolute atomic E-state index is 13.1. The number of anilines is 1. The number of fused-ring (bicyclic) bond motifs is 1. The van der Waals surface area contributed by atoms with Gasteiger partial charge in [0, 0.05) is 38.1 Å². The van der Waals surface area contributed by atoms with Crippen molar-refractivity contribution in [1.29, 1.82) is 0 Å². The molecule has 4 heterocycles. The van der Waals surface area contributed by atoms with E-state index in [-0.39, 0.29) is 23.5 Å². The summed E-state index contributed by atoms with van der Waals surface area (Å²) in [7, 11) is -3.21. The number of sulfonamides is 1. The van der Waals surface area contributed by atoms with E-state index in [1.54, 1.807) is 6.07 Å². The summed E-state index contributed by atoms with van der Waals surface area (Å²) in [5.41, 5.74) is 0.0114. The van der Waals surface area contributed by atoms with Crippen LogP contribution < -0.4 is 10.2 Å². The molecule has 0 aliphatic carbocycles. The molecule has 4 rings (SSSR count). The number of piperidine rings is 2. The summed E-state index contributed by atoms with van der Waals surface area (Å²) >= 11 is 0. The van der Waals surface area contributed by atoms with E-state index in [1.807, 2.05) is 4.90 Å². The maximum atomic E-state index is 13.1. The summed E-state index contributed by atoms with van der Waals surface area (Å²) in [6, 6.07) is 2.98. The van der Waals surface area contributed by atoms with E-state index in [1.165, 1.54) is 16.6 Å². The Kier molecular flexibility index (Phi) is 6.00.